The van der Waals surface area contributed by atoms with Gasteiger partial charge < -0.3 is 9.67 Å². The number of aliphatic hydroxyl groups is 1. The molecule has 0 saturated heterocycles. The van der Waals surface area contributed by atoms with Crippen LogP contribution in [0.1, 0.15) is 18.5 Å². The van der Waals surface area contributed by atoms with Gasteiger partial charge in [0.05, 0.1) is 12.6 Å². The van der Waals surface area contributed by atoms with Gasteiger partial charge in [-0.3, -0.25) is 4.79 Å². The van der Waals surface area contributed by atoms with Gasteiger partial charge in [-0.2, -0.15) is 5.10 Å². The number of aromatic nitrogens is 4. The third-order valence-electron chi connectivity index (χ3n) is 5.22. The molecule has 4 aromatic rings. The molecule has 2 aromatic heterocycles. The van der Waals surface area contributed by atoms with Gasteiger partial charge in [-0.15, -0.1) is 0 Å². The minimum atomic E-state index is -1.90. The molecule has 0 unspecified atom stereocenters. The number of fused-ring (bicyclic) bond motifs is 1. The molecule has 0 aliphatic rings. The Morgan fingerprint density at radius 2 is 1.97 bits per heavy atom. The van der Waals surface area contributed by atoms with Crippen LogP contribution in [0.2, 0.25) is 0 Å². The number of hydrogen-bond donors (Lipinski definition) is 1. The predicted molar refractivity (Wildman–Crippen MR) is 103 cm³/mol. The van der Waals surface area contributed by atoms with Gasteiger partial charge in [0, 0.05) is 23.2 Å². The average molecular weight is 396 g/mol. The standard InChI is InChI=1S/C21H18F2N4O2/c1-14(27-9-8-15-4-2-3-5-17(15)20(27)28)21(29,11-26-13-24-12-25-26)18-7-6-16(22)10-19(18)23/h2-10,12-14,29H,11H2,1H3/t14-,21-/m1/s1. The van der Waals surface area contributed by atoms with Gasteiger partial charge in [-0.05, 0) is 30.5 Å². The highest BCUT2D eigenvalue weighted by molar-refractivity contribution is 5.81. The van der Waals surface area contributed by atoms with Gasteiger partial charge in [0.2, 0.25) is 0 Å². The second-order valence-corrected chi connectivity index (χ2v) is 6.93. The van der Waals surface area contributed by atoms with Crippen LogP contribution in [-0.2, 0) is 12.1 Å². The van der Waals surface area contributed by atoms with Crippen molar-refractivity contribution in [3.63, 3.8) is 0 Å². The smallest absolute Gasteiger partial charge is 0.258 e. The van der Waals surface area contributed by atoms with Crippen LogP contribution < -0.4 is 5.56 Å². The van der Waals surface area contributed by atoms with Crippen molar-refractivity contribution < 1.29 is 13.9 Å². The summed E-state index contributed by atoms with van der Waals surface area (Å²) in [6.07, 6.45) is 4.22. The van der Waals surface area contributed by atoms with Crippen molar-refractivity contribution in [2.75, 3.05) is 0 Å². The molecule has 2 aromatic carbocycles. The van der Waals surface area contributed by atoms with Crippen LogP contribution in [0.15, 0.2) is 72.2 Å². The van der Waals surface area contributed by atoms with Crippen LogP contribution in [-0.4, -0.2) is 24.4 Å². The lowest BCUT2D eigenvalue weighted by Gasteiger charge is -2.35. The van der Waals surface area contributed by atoms with Crippen LogP contribution in [0.5, 0.6) is 0 Å². The summed E-state index contributed by atoms with van der Waals surface area (Å²) >= 11 is 0. The van der Waals surface area contributed by atoms with Crippen LogP contribution >= 0.6 is 0 Å². The zero-order valence-electron chi connectivity index (χ0n) is 15.5. The van der Waals surface area contributed by atoms with E-state index < -0.39 is 23.3 Å². The molecule has 2 atom stereocenters. The highest BCUT2D eigenvalue weighted by Crippen LogP contribution is 2.36. The predicted octanol–water partition coefficient (Wildman–Crippen LogP) is 3.02. The van der Waals surface area contributed by atoms with Crippen LogP contribution in [0, 0.1) is 11.6 Å². The summed E-state index contributed by atoms with van der Waals surface area (Å²) in [5.74, 6) is -1.67. The van der Waals surface area contributed by atoms with E-state index in [9.17, 15) is 18.7 Å². The minimum Gasteiger partial charge on any atom is -0.381 e. The van der Waals surface area contributed by atoms with Crippen molar-refractivity contribution in [2.45, 2.75) is 25.1 Å². The molecule has 0 aliphatic heterocycles. The zero-order chi connectivity index (χ0) is 20.6. The lowest BCUT2D eigenvalue weighted by molar-refractivity contribution is -0.0340. The van der Waals surface area contributed by atoms with E-state index in [-0.39, 0.29) is 17.7 Å². The summed E-state index contributed by atoms with van der Waals surface area (Å²) in [6, 6.07) is 10.9. The maximum absolute atomic E-state index is 14.7. The molecule has 1 N–H and O–H groups in total. The van der Waals surface area contributed by atoms with Crippen LogP contribution in [0.4, 0.5) is 8.78 Å². The van der Waals surface area contributed by atoms with E-state index in [2.05, 4.69) is 10.1 Å². The first-order valence-electron chi connectivity index (χ1n) is 9.00. The highest BCUT2D eigenvalue weighted by Gasteiger charge is 2.40. The molecule has 29 heavy (non-hydrogen) atoms. The first-order chi connectivity index (χ1) is 13.9. The molecule has 0 amide bonds. The van der Waals surface area contributed by atoms with Gasteiger partial charge in [0.1, 0.15) is 29.9 Å². The molecule has 8 heteroatoms. The van der Waals surface area contributed by atoms with Gasteiger partial charge in [-0.1, -0.05) is 24.3 Å². The molecule has 0 radical (unpaired) electrons. The Bertz CT molecular complexity index is 1220. The van der Waals surface area contributed by atoms with E-state index in [1.807, 2.05) is 12.1 Å². The Kier molecular flexibility index (Phi) is 4.71. The van der Waals surface area contributed by atoms with Crippen molar-refractivity contribution in [2.24, 2.45) is 0 Å². The van der Waals surface area contributed by atoms with Crippen molar-refractivity contribution in [3.05, 3.63) is 94.9 Å². The van der Waals surface area contributed by atoms with E-state index in [1.54, 1.807) is 31.3 Å². The van der Waals surface area contributed by atoms with Gasteiger partial charge in [-0.25, -0.2) is 18.4 Å². The summed E-state index contributed by atoms with van der Waals surface area (Å²) in [4.78, 5) is 16.9. The SMILES string of the molecule is C[C@@H](n1ccc2ccccc2c1=O)[C@](O)(Cn1cncn1)c1ccc(F)cc1F. The third kappa shape index (κ3) is 3.31. The molecule has 4 rings (SSSR count). The maximum Gasteiger partial charge on any atom is 0.258 e. The molecular weight excluding hydrogens is 378 g/mol. The maximum atomic E-state index is 14.7. The third-order valence-corrected chi connectivity index (χ3v) is 5.22. The largest absolute Gasteiger partial charge is 0.381 e. The summed E-state index contributed by atoms with van der Waals surface area (Å²) in [5, 5.41) is 16.9. The fourth-order valence-corrected chi connectivity index (χ4v) is 3.58. The lowest BCUT2D eigenvalue weighted by Crippen LogP contribution is -2.43. The van der Waals surface area contributed by atoms with Crippen molar-refractivity contribution >= 4 is 10.8 Å². The Morgan fingerprint density at radius 1 is 1.17 bits per heavy atom. The molecule has 2 heterocycles. The molecule has 148 valence electrons. The van der Waals surface area contributed by atoms with Gasteiger partial charge >= 0.3 is 0 Å². The number of hydrogen-bond acceptors (Lipinski definition) is 4. The Morgan fingerprint density at radius 3 is 2.69 bits per heavy atom. The number of nitrogens with zero attached hydrogens (tertiary/aromatic N) is 4. The van der Waals surface area contributed by atoms with E-state index in [0.29, 0.717) is 11.5 Å². The molecule has 0 aliphatic carbocycles. The summed E-state index contributed by atoms with van der Waals surface area (Å²) in [5.41, 5.74) is -2.37. The number of rotatable bonds is 5. The van der Waals surface area contributed by atoms with E-state index in [4.69, 9.17) is 0 Å². The molecule has 0 bridgehead atoms. The van der Waals surface area contributed by atoms with Crippen molar-refractivity contribution in [1.29, 1.82) is 0 Å². The second kappa shape index (κ2) is 7.21. The second-order valence-electron chi connectivity index (χ2n) is 6.93. The Hall–Kier alpha value is -3.39. The Balaban J connectivity index is 1.89. The fraction of sp³-hybridized carbons (Fsp3) is 0.190. The molecule has 6 nitrogen and oxygen atoms in total. The van der Waals surface area contributed by atoms with E-state index in [0.717, 1.165) is 11.5 Å². The quantitative estimate of drug-likeness (QED) is 0.563. The number of pyridine rings is 1. The first-order valence-corrected chi connectivity index (χ1v) is 9.00. The normalized spacial score (nSPS) is 14.6. The summed E-state index contributed by atoms with van der Waals surface area (Å²) in [7, 11) is 0. The average Bonchev–Trinajstić information content (AvgIpc) is 3.20. The fourth-order valence-electron chi connectivity index (χ4n) is 3.58. The molecule has 0 spiro atoms. The number of benzene rings is 2. The number of halogens is 2. The van der Waals surface area contributed by atoms with Crippen molar-refractivity contribution in [1.82, 2.24) is 19.3 Å². The van der Waals surface area contributed by atoms with Crippen molar-refractivity contribution in [3.8, 4) is 0 Å². The highest BCUT2D eigenvalue weighted by atomic mass is 19.1. The van der Waals surface area contributed by atoms with Gasteiger partial charge in [0.15, 0.2) is 0 Å². The molecule has 0 saturated carbocycles. The first kappa shape index (κ1) is 18.9. The summed E-state index contributed by atoms with van der Waals surface area (Å²) in [6.45, 7) is 1.42. The summed E-state index contributed by atoms with van der Waals surface area (Å²) < 4.78 is 30.8. The Labute approximate surface area is 164 Å². The molecule has 0 fully saturated rings. The van der Waals surface area contributed by atoms with E-state index >= 15 is 0 Å². The minimum absolute atomic E-state index is 0.137. The topological polar surface area (TPSA) is 72.9 Å². The molecular formula is C21H18F2N4O2. The monoisotopic (exact) mass is 396 g/mol. The van der Waals surface area contributed by atoms with Gasteiger partial charge in [0.25, 0.3) is 5.56 Å². The lowest BCUT2D eigenvalue weighted by atomic mass is 9.86. The zero-order valence-corrected chi connectivity index (χ0v) is 15.5. The van der Waals surface area contributed by atoms with Crippen LogP contribution in [0.25, 0.3) is 10.8 Å². The van der Waals surface area contributed by atoms with E-state index in [1.165, 1.54) is 28.0 Å². The van der Waals surface area contributed by atoms with Crippen LogP contribution in [0.3, 0.4) is 0 Å².